The highest BCUT2D eigenvalue weighted by Crippen LogP contribution is 2.27. The number of sulfonamides is 1. The molecule has 1 aliphatic rings. The van der Waals surface area contributed by atoms with Crippen LogP contribution in [0.3, 0.4) is 0 Å². The Bertz CT molecular complexity index is 909. The van der Waals surface area contributed by atoms with E-state index >= 15 is 0 Å². The Morgan fingerprint density at radius 2 is 1.93 bits per heavy atom. The summed E-state index contributed by atoms with van der Waals surface area (Å²) in [5.41, 5.74) is 2.25. The molecule has 1 saturated heterocycles. The van der Waals surface area contributed by atoms with Crippen LogP contribution in [-0.4, -0.2) is 38.7 Å². The summed E-state index contributed by atoms with van der Waals surface area (Å²) in [4.78, 5) is 13.0. The zero-order valence-corrected chi connectivity index (χ0v) is 16.5. The molecule has 0 amide bonds. The summed E-state index contributed by atoms with van der Waals surface area (Å²) < 4.78 is 32.3. The molecule has 2 aromatic carbocycles. The van der Waals surface area contributed by atoms with Crippen molar-refractivity contribution in [2.75, 3.05) is 20.2 Å². The molecule has 0 N–H and O–H groups in total. The van der Waals surface area contributed by atoms with Gasteiger partial charge in [-0.05, 0) is 49.1 Å². The van der Waals surface area contributed by atoms with Crippen molar-refractivity contribution >= 4 is 15.8 Å². The van der Waals surface area contributed by atoms with Gasteiger partial charge in [0.25, 0.3) is 0 Å². The molecule has 2 aromatic rings. The Labute approximate surface area is 161 Å². The maximum atomic E-state index is 13.0. The quantitative estimate of drug-likeness (QED) is 0.713. The van der Waals surface area contributed by atoms with E-state index in [1.54, 1.807) is 19.2 Å². The number of nitrogens with zero attached hydrogens (tertiary/aromatic N) is 1. The van der Waals surface area contributed by atoms with Gasteiger partial charge in [-0.3, -0.25) is 4.79 Å². The number of benzene rings is 2. The molecule has 1 fully saturated rings. The minimum Gasteiger partial charge on any atom is -0.497 e. The van der Waals surface area contributed by atoms with Gasteiger partial charge in [-0.1, -0.05) is 30.3 Å². The highest BCUT2D eigenvalue weighted by molar-refractivity contribution is 7.88. The highest BCUT2D eigenvalue weighted by Gasteiger charge is 2.33. The predicted octanol–water partition coefficient (Wildman–Crippen LogP) is 3.43. The van der Waals surface area contributed by atoms with Gasteiger partial charge in [-0.25, -0.2) is 12.7 Å². The molecule has 1 aliphatic heterocycles. The van der Waals surface area contributed by atoms with Gasteiger partial charge in [-0.15, -0.1) is 0 Å². The second-order valence-corrected chi connectivity index (χ2v) is 8.95. The average Bonchev–Trinajstić information content (AvgIpc) is 2.68. The molecule has 0 aromatic heterocycles. The fourth-order valence-corrected chi connectivity index (χ4v) is 5.16. The minimum absolute atomic E-state index is 0.00904. The number of methoxy groups -OCH3 is 1. The summed E-state index contributed by atoms with van der Waals surface area (Å²) in [5.74, 6) is 0.377. The molecule has 6 heteroatoms. The number of aryl methyl sites for hydroxylation is 1. The lowest BCUT2D eigenvalue weighted by Gasteiger charge is -2.31. The van der Waals surface area contributed by atoms with Gasteiger partial charge in [0.05, 0.1) is 12.9 Å². The van der Waals surface area contributed by atoms with Gasteiger partial charge in [0.2, 0.25) is 10.0 Å². The zero-order valence-electron chi connectivity index (χ0n) is 15.7. The van der Waals surface area contributed by atoms with Crippen LogP contribution in [-0.2, 0) is 15.8 Å². The van der Waals surface area contributed by atoms with E-state index in [1.165, 1.54) is 4.31 Å². The first-order valence-electron chi connectivity index (χ1n) is 9.11. The topological polar surface area (TPSA) is 63.7 Å². The van der Waals surface area contributed by atoms with Crippen LogP contribution in [0.1, 0.15) is 34.3 Å². The number of ketones is 1. The normalized spacial score (nSPS) is 18.2. The number of Topliss-reactive ketones (excluding diaryl/α,β-unsaturated/α-hetero) is 1. The third-order valence-corrected chi connectivity index (χ3v) is 6.86. The Morgan fingerprint density at radius 1 is 1.19 bits per heavy atom. The summed E-state index contributed by atoms with van der Waals surface area (Å²) in [6.45, 7) is 2.60. The summed E-state index contributed by atoms with van der Waals surface area (Å²) in [7, 11) is -1.85. The van der Waals surface area contributed by atoms with E-state index < -0.39 is 10.0 Å². The summed E-state index contributed by atoms with van der Waals surface area (Å²) in [5, 5.41) is 0. The van der Waals surface area contributed by atoms with Gasteiger partial charge >= 0.3 is 0 Å². The molecule has 0 aliphatic carbocycles. The van der Waals surface area contributed by atoms with Crippen LogP contribution in [0.4, 0.5) is 0 Å². The monoisotopic (exact) mass is 387 g/mol. The molecule has 1 atom stereocenters. The van der Waals surface area contributed by atoms with Crippen molar-refractivity contribution in [1.82, 2.24) is 4.31 Å². The number of ether oxygens (including phenoxy) is 1. The molecular weight excluding hydrogens is 362 g/mol. The fraction of sp³-hybridized carbons (Fsp3) is 0.381. The van der Waals surface area contributed by atoms with E-state index in [1.807, 2.05) is 43.3 Å². The van der Waals surface area contributed by atoms with Crippen molar-refractivity contribution in [3.05, 3.63) is 65.2 Å². The zero-order chi connectivity index (χ0) is 19.4. The SMILES string of the molecule is COc1ccc(C(=O)C2CCCN(S(=O)(=O)Cc3ccccc3)C2)c(C)c1. The van der Waals surface area contributed by atoms with Crippen LogP contribution in [0.2, 0.25) is 0 Å². The maximum Gasteiger partial charge on any atom is 0.218 e. The third kappa shape index (κ3) is 4.57. The summed E-state index contributed by atoms with van der Waals surface area (Å²) in [6.07, 6.45) is 1.40. The number of carbonyl (C=O) groups is 1. The first-order valence-corrected chi connectivity index (χ1v) is 10.7. The number of rotatable bonds is 6. The van der Waals surface area contributed by atoms with E-state index in [9.17, 15) is 13.2 Å². The molecule has 0 spiro atoms. The van der Waals surface area contributed by atoms with E-state index in [0.29, 0.717) is 30.7 Å². The lowest BCUT2D eigenvalue weighted by molar-refractivity contribution is 0.0871. The van der Waals surface area contributed by atoms with Crippen molar-refractivity contribution < 1.29 is 17.9 Å². The molecule has 0 saturated carbocycles. The van der Waals surface area contributed by atoms with Crippen LogP contribution in [0.25, 0.3) is 0 Å². The Kier molecular flexibility index (Phi) is 5.97. The van der Waals surface area contributed by atoms with Gasteiger partial charge in [-0.2, -0.15) is 0 Å². The van der Waals surface area contributed by atoms with Crippen molar-refractivity contribution in [2.24, 2.45) is 5.92 Å². The van der Waals surface area contributed by atoms with Crippen LogP contribution >= 0.6 is 0 Å². The standard InChI is InChI=1S/C21H25NO4S/c1-16-13-19(26-2)10-11-20(16)21(23)18-9-6-12-22(14-18)27(24,25)15-17-7-4-3-5-8-17/h3-5,7-8,10-11,13,18H,6,9,12,14-15H2,1-2H3. The maximum absolute atomic E-state index is 13.0. The molecule has 3 rings (SSSR count). The highest BCUT2D eigenvalue weighted by atomic mass is 32.2. The second kappa shape index (κ2) is 8.23. The van der Waals surface area contributed by atoms with Crippen LogP contribution in [0, 0.1) is 12.8 Å². The van der Waals surface area contributed by atoms with Crippen LogP contribution in [0.15, 0.2) is 48.5 Å². The smallest absolute Gasteiger partial charge is 0.218 e. The van der Waals surface area contributed by atoms with Crippen LogP contribution in [0.5, 0.6) is 5.75 Å². The van der Waals surface area contributed by atoms with Gasteiger partial charge < -0.3 is 4.74 Å². The van der Waals surface area contributed by atoms with Crippen molar-refractivity contribution in [3.63, 3.8) is 0 Å². The first kappa shape index (κ1) is 19.6. The average molecular weight is 388 g/mol. The molecule has 5 nitrogen and oxygen atoms in total. The summed E-state index contributed by atoms with van der Waals surface area (Å²) in [6, 6.07) is 14.5. The molecule has 1 unspecified atom stereocenters. The second-order valence-electron chi connectivity index (χ2n) is 6.98. The molecule has 0 radical (unpaired) electrons. The largest absolute Gasteiger partial charge is 0.497 e. The molecule has 27 heavy (non-hydrogen) atoms. The lowest BCUT2D eigenvalue weighted by atomic mass is 9.89. The Balaban J connectivity index is 1.74. The lowest BCUT2D eigenvalue weighted by Crippen LogP contribution is -2.42. The van der Waals surface area contributed by atoms with Crippen molar-refractivity contribution in [1.29, 1.82) is 0 Å². The van der Waals surface area contributed by atoms with E-state index in [4.69, 9.17) is 4.74 Å². The third-order valence-electron chi connectivity index (χ3n) is 5.04. The van der Waals surface area contributed by atoms with Gasteiger partial charge in [0, 0.05) is 24.6 Å². The van der Waals surface area contributed by atoms with E-state index in [-0.39, 0.29) is 24.0 Å². The number of hydrogen-bond acceptors (Lipinski definition) is 4. The predicted molar refractivity (Wildman–Crippen MR) is 105 cm³/mol. The van der Waals surface area contributed by atoms with E-state index in [2.05, 4.69) is 0 Å². The van der Waals surface area contributed by atoms with Gasteiger partial charge in [0.15, 0.2) is 5.78 Å². The number of piperidine rings is 1. The molecule has 0 bridgehead atoms. The van der Waals surface area contributed by atoms with E-state index in [0.717, 1.165) is 11.1 Å². The molecular formula is C21H25NO4S. The molecule has 144 valence electrons. The Hall–Kier alpha value is -2.18. The number of hydrogen-bond donors (Lipinski definition) is 0. The fourth-order valence-electron chi connectivity index (χ4n) is 3.54. The first-order chi connectivity index (χ1) is 12.9. The van der Waals surface area contributed by atoms with Crippen LogP contribution < -0.4 is 4.74 Å². The van der Waals surface area contributed by atoms with Crippen molar-refractivity contribution in [2.45, 2.75) is 25.5 Å². The Morgan fingerprint density at radius 3 is 2.59 bits per heavy atom. The van der Waals surface area contributed by atoms with Crippen molar-refractivity contribution in [3.8, 4) is 5.75 Å². The van der Waals surface area contributed by atoms with Gasteiger partial charge in [0.1, 0.15) is 5.75 Å². The molecule has 1 heterocycles. The summed E-state index contributed by atoms with van der Waals surface area (Å²) >= 11 is 0. The number of carbonyl (C=O) groups excluding carboxylic acids is 1. The minimum atomic E-state index is -3.44.